The number of nitrogens with one attached hydrogen (secondary N) is 2. The molecule has 11 nitrogen and oxygen atoms in total. The van der Waals surface area contributed by atoms with Crippen LogP contribution in [-0.4, -0.2) is 50.5 Å². The van der Waals surface area contributed by atoms with Gasteiger partial charge in [0.1, 0.15) is 0 Å². The van der Waals surface area contributed by atoms with Crippen molar-refractivity contribution in [1.29, 1.82) is 0 Å². The van der Waals surface area contributed by atoms with E-state index in [9.17, 15) is 13.2 Å². The van der Waals surface area contributed by atoms with Gasteiger partial charge in [-0.2, -0.15) is 4.68 Å². The number of amides is 1. The van der Waals surface area contributed by atoms with Gasteiger partial charge in [0.2, 0.25) is 11.1 Å². The Bertz CT molecular complexity index is 1370. The molecular formula is C20H17ClN8O3S2. The number of carbonyl (C=O) groups excluding carboxylic acids is 1. The fourth-order valence-electron chi connectivity index (χ4n) is 2.74. The van der Waals surface area contributed by atoms with Gasteiger partial charge in [0, 0.05) is 17.9 Å². The van der Waals surface area contributed by atoms with Crippen molar-refractivity contribution in [1.82, 2.24) is 30.4 Å². The quantitative estimate of drug-likeness (QED) is 0.320. The summed E-state index contributed by atoms with van der Waals surface area (Å²) in [5, 5.41) is 22.4. The zero-order chi connectivity index (χ0) is 24.0. The van der Waals surface area contributed by atoms with Crippen molar-refractivity contribution in [3.63, 3.8) is 0 Å². The molecule has 34 heavy (non-hydrogen) atoms. The van der Waals surface area contributed by atoms with Crippen LogP contribution in [0.3, 0.4) is 0 Å². The molecule has 2 aromatic carbocycles. The average molecular weight is 517 g/mol. The lowest BCUT2D eigenvalue weighted by molar-refractivity contribution is -0.115. The minimum atomic E-state index is -3.87. The maximum Gasteiger partial charge on any atom is 0.263 e. The van der Waals surface area contributed by atoms with Crippen molar-refractivity contribution in [3.05, 3.63) is 71.9 Å². The minimum Gasteiger partial charge on any atom is -0.326 e. The summed E-state index contributed by atoms with van der Waals surface area (Å²) in [6, 6.07) is 18.0. The molecule has 0 spiro atoms. The molecule has 0 aliphatic rings. The summed E-state index contributed by atoms with van der Waals surface area (Å²) in [4.78, 5) is 12.3. The third kappa shape index (κ3) is 6.07. The lowest BCUT2D eigenvalue weighted by Gasteiger charge is -2.09. The molecule has 0 fully saturated rings. The molecule has 2 aromatic heterocycles. The van der Waals surface area contributed by atoms with Crippen molar-refractivity contribution in [2.45, 2.75) is 16.5 Å². The van der Waals surface area contributed by atoms with Crippen LogP contribution in [0, 0.1) is 0 Å². The Hall–Kier alpha value is -3.55. The number of tetrazole rings is 1. The lowest BCUT2D eigenvalue weighted by atomic mass is 10.3. The average Bonchev–Trinajstić information content (AvgIpc) is 3.30. The summed E-state index contributed by atoms with van der Waals surface area (Å²) < 4.78 is 28.9. The molecule has 4 rings (SSSR count). The van der Waals surface area contributed by atoms with Crippen LogP contribution in [-0.2, 0) is 14.8 Å². The normalized spacial score (nSPS) is 11.2. The number of benzene rings is 2. The number of para-hydroxylation sites is 1. The molecule has 174 valence electrons. The predicted octanol–water partition coefficient (Wildman–Crippen LogP) is 3.03. The highest BCUT2D eigenvalue weighted by Crippen LogP contribution is 2.20. The largest absolute Gasteiger partial charge is 0.326 e. The van der Waals surface area contributed by atoms with E-state index >= 15 is 0 Å². The predicted molar refractivity (Wildman–Crippen MR) is 127 cm³/mol. The van der Waals surface area contributed by atoms with Gasteiger partial charge < -0.3 is 5.32 Å². The molecule has 0 saturated heterocycles. The van der Waals surface area contributed by atoms with Gasteiger partial charge in [-0.15, -0.1) is 15.3 Å². The Labute approximate surface area is 204 Å². The first-order valence-corrected chi connectivity index (χ1v) is 12.6. The Kier molecular flexibility index (Phi) is 7.35. The van der Waals surface area contributed by atoms with Gasteiger partial charge in [-0.05, 0) is 59.0 Å². The van der Waals surface area contributed by atoms with Crippen LogP contribution in [0.5, 0.6) is 0 Å². The van der Waals surface area contributed by atoms with E-state index in [1.165, 1.54) is 48.2 Å². The first kappa shape index (κ1) is 23.6. The van der Waals surface area contributed by atoms with E-state index in [0.717, 1.165) is 5.69 Å². The van der Waals surface area contributed by atoms with Crippen molar-refractivity contribution in [2.24, 2.45) is 0 Å². The number of anilines is 2. The van der Waals surface area contributed by atoms with Crippen LogP contribution in [0.25, 0.3) is 5.69 Å². The second kappa shape index (κ2) is 10.6. The van der Waals surface area contributed by atoms with E-state index in [0.29, 0.717) is 16.6 Å². The summed E-state index contributed by atoms with van der Waals surface area (Å²) in [6.07, 6.45) is 0.211. The topological polar surface area (TPSA) is 145 Å². The van der Waals surface area contributed by atoms with Crippen LogP contribution in [0.2, 0.25) is 5.15 Å². The summed E-state index contributed by atoms with van der Waals surface area (Å²) in [7, 11) is -3.87. The molecule has 1 amide bonds. The van der Waals surface area contributed by atoms with Crippen LogP contribution in [0.4, 0.5) is 11.5 Å². The molecule has 14 heteroatoms. The van der Waals surface area contributed by atoms with Crippen LogP contribution < -0.4 is 10.0 Å². The first-order chi connectivity index (χ1) is 16.4. The maximum absolute atomic E-state index is 12.5. The van der Waals surface area contributed by atoms with Gasteiger partial charge in [-0.1, -0.05) is 41.6 Å². The van der Waals surface area contributed by atoms with Gasteiger partial charge >= 0.3 is 0 Å². The molecule has 0 aliphatic heterocycles. The highest BCUT2D eigenvalue weighted by Gasteiger charge is 2.16. The first-order valence-electron chi connectivity index (χ1n) is 9.79. The monoisotopic (exact) mass is 516 g/mol. The van der Waals surface area contributed by atoms with Crippen molar-refractivity contribution < 1.29 is 13.2 Å². The highest BCUT2D eigenvalue weighted by molar-refractivity contribution is 7.99. The highest BCUT2D eigenvalue weighted by atomic mass is 35.5. The van der Waals surface area contributed by atoms with Gasteiger partial charge in [0.25, 0.3) is 10.0 Å². The fourth-order valence-corrected chi connectivity index (χ4v) is 4.67. The van der Waals surface area contributed by atoms with Crippen molar-refractivity contribution in [2.75, 3.05) is 15.8 Å². The van der Waals surface area contributed by atoms with Gasteiger partial charge in [-0.3, -0.25) is 9.52 Å². The summed E-state index contributed by atoms with van der Waals surface area (Å²) in [5.74, 6) is 0.270. The van der Waals surface area contributed by atoms with E-state index in [1.807, 2.05) is 30.3 Å². The molecule has 2 N–H and O–H groups in total. The third-order valence-corrected chi connectivity index (χ3v) is 6.81. The molecule has 0 aliphatic carbocycles. The Morgan fingerprint density at radius 3 is 2.44 bits per heavy atom. The number of hydrogen-bond donors (Lipinski definition) is 2. The van der Waals surface area contributed by atoms with E-state index in [1.54, 1.807) is 4.68 Å². The molecule has 2 heterocycles. The van der Waals surface area contributed by atoms with Gasteiger partial charge in [0.05, 0.1) is 10.6 Å². The second-order valence-corrected chi connectivity index (χ2v) is 9.86. The molecule has 0 saturated carbocycles. The Morgan fingerprint density at radius 2 is 1.74 bits per heavy atom. The summed E-state index contributed by atoms with van der Waals surface area (Å²) in [6.45, 7) is 0. The number of aromatic nitrogens is 6. The second-order valence-electron chi connectivity index (χ2n) is 6.73. The van der Waals surface area contributed by atoms with Crippen LogP contribution in [0.1, 0.15) is 6.42 Å². The number of carbonyl (C=O) groups is 1. The fraction of sp³-hybridized carbons (Fsp3) is 0.100. The number of sulfonamides is 1. The molecule has 0 atom stereocenters. The molecule has 0 bridgehead atoms. The number of halogens is 1. The van der Waals surface area contributed by atoms with Crippen LogP contribution in [0.15, 0.2) is 76.8 Å². The van der Waals surface area contributed by atoms with Crippen molar-refractivity contribution in [3.8, 4) is 5.69 Å². The zero-order valence-corrected chi connectivity index (χ0v) is 19.8. The van der Waals surface area contributed by atoms with E-state index in [4.69, 9.17) is 11.6 Å². The number of hydrogen-bond acceptors (Lipinski definition) is 9. The molecule has 0 radical (unpaired) electrons. The molecule has 4 aromatic rings. The maximum atomic E-state index is 12.5. The number of nitrogens with zero attached hydrogens (tertiary/aromatic N) is 6. The third-order valence-electron chi connectivity index (χ3n) is 4.32. The van der Waals surface area contributed by atoms with E-state index in [2.05, 4.69) is 35.8 Å². The Morgan fingerprint density at radius 1 is 0.971 bits per heavy atom. The number of rotatable bonds is 9. The smallest absolute Gasteiger partial charge is 0.263 e. The van der Waals surface area contributed by atoms with Gasteiger partial charge in [0.15, 0.2) is 11.0 Å². The summed E-state index contributed by atoms with van der Waals surface area (Å²) >= 11 is 7.01. The molecule has 0 unspecified atom stereocenters. The van der Waals surface area contributed by atoms with Gasteiger partial charge in [-0.25, -0.2) is 8.42 Å². The zero-order valence-electron chi connectivity index (χ0n) is 17.4. The summed E-state index contributed by atoms with van der Waals surface area (Å²) in [5.41, 5.74) is 1.29. The lowest BCUT2D eigenvalue weighted by Crippen LogP contribution is -2.15. The molecular weight excluding hydrogens is 500 g/mol. The number of thioether (sulfide) groups is 1. The van der Waals surface area contributed by atoms with Crippen molar-refractivity contribution >= 4 is 50.8 Å². The SMILES string of the molecule is O=C(CCSc1nnnn1-c1ccccc1)Nc1ccc(S(=O)(=O)Nc2ccc(Cl)nn2)cc1. The standard InChI is InChI=1S/C20H17ClN8O3S2/c21-17-10-11-18(24-23-17)26-34(31,32)16-8-6-14(7-9-16)22-19(30)12-13-33-20-25-27-28-29(20)15-4-2-1-3-5-15/h1-11H,12-13H2,(H,22,30)(H,24,26). The van der Waals surface area contributed by atoms with E-state index in [-0.39, 0.29) is 28.2 Å². The minimum absolute atomic E-state index is 0.00514. The van der Waals surface area contributed by atoms with Crippen LogP contribution >= 0.6 is 23.4 Å². The Balaban J connectivity index is 1.30. The van der Waals surface area contributed by atoms with E-state index < -0.39 is 10.0 Å².